The second-order valence-electron chi connectivity index (χ2n) is 8.71. The molecule has 2 N–H and O–H groups in total. The maximum Gasteiger partial charge on any atom is 0.261 e. The number of fused-ring (bicyclic) bond motifs is 1. The smallest absolute Gasteiger partial charge is 0.261 e. The Balaban J connectivity index is 1.54. The van der Waals surface area contributed by atoms with Crippen molar-refractivity contribution in [1.82, 2.24) is 5.32 Å². The minimum Gasteiger partial charge on any atom is -0.487 e. The Hall–Kier alpha value is -3.32. The van der Waals surface area contributed by atoms with Crippen LogP contribution in [0.5, 0.6) is 5.75 Å². The van der Waals surface area contributed by atoms with Crippen molar-refractivity contribution < 1.29 is 17.9 Å². The van der Waals surface area contributed by atoms with Crippen molar-refractivity contribution in [3.8, 4) is 5.75 Å². The lowest BCUT2D eigenvalue weighted by atomic mass is 9.83. The number of amides is 1. The minimum absolute atomic E-state index is 0.172. The Bertz CT molecular complexity index is 1280. The van der Waals surface area contributed by atoms with Crippen LogP contribution in [0.15, 0.2) is 77.7 Å². The van der Waals surface area contributed by atoms with Crippen LogP contribution in [0.2, 0.25) is 0 Å². The minimum atomic E-state index is -3.71. The number of hydrogen-bond acceptors (Lipinski definition) is 4. The van der Waals surface area contributed by atoms with Gasteiger partial charge in [0, 0.05) is 17.5 Å². The summed E-state index contributed by atoms with van der Waals surface area (Å²) in [5.74, 6) is 0.605. The van der Waals surface area contributed by atoms with Gasteiger partial charge in [-0.3, -0.25) is 9.52 Å². The predicted molar refractivity (Wildman–Crippen MR) is 134 cm³/mol. The highest BCUT2D eigenvalue weighted by Crippen LogP contribution is 2.42. The standard InChI is InChI=1S/C27H30N2O4S/c1-4-27(5-2)18-24(22-13-9-10-14-25(22)33-27)28-26(30)20-15-16-23(19(3)17-20)29-34(31,32)21-11-7-6-8-12-21/h6-17,24,29H,4-5,18H2,1-3H3,(H,28,30)/t24-/m0/s1. The molecule has 0 saturated heterocycles. The van der Waals surface area contributed by atoms with E-state index >= 15 is 0 Å². The highest BCUT2D eigenvalue weighted by atomic mass is 32.2. The summed E-state index contributed by atoms with van der Waals surface area (Å²) in [6.07, 6.45) is 2.38. The molecule has 3 aromatic carbocycles. The van der Waals surface area contributed by atoms with E-state index in [2.05, 4.69) is 23.9 Å². The lowest BCUT2D eigenvalue weighted by Gasteiger charge is -2.41. The van der Waals surface area contributed by atoms with Crippen LogP contribution < -0.4 is 14.8 Å². The van der Waals surface area contributed by atoms with Gasteiger partial charge in [0.2, 0.25) is 0 Å². The fourth-order valence-electron chi connectivity index (χ4n) is 4.39. The van der Waals surface area contributed by atoms with Crippen LogP contribution in [0, 0.1) is 6.92 Å². The Kier molecular flexibility index (Phi) is 6.66. The van der Waals surface area contributed by atoms with Gasteiger partial charge in [0.25, 0.3) is 15.9 Å². The van der Waals surface area contributed by atoms with Gasteiger partial charge in [0.05, 0.1) is 16.6 Å². The molecule has 1 heterocycles. The number of rotatable bonds is 7. The third-order valence-electron chi connectivity index (χ3n) is 6.58. The number of carbonyl (C=O) groups excluding carboxylic acids is 1. The monoisotopic (exact) mass is 478 g/mol. The summed E-state index contributed by atoms with van der Waals surface area (Å²) in [4.78, 5) is 13.4. The first-order valence-corrected chi connectivity index (χ1v) is 13.0. The number of para-hydroxylation sites is 1. The molecule has 0 aliphatic carbocycles. The van der Waals surface area contributed by atoms with Crippen LogP contribution in [0.25, 0.3) is 0 Å². The van der Waals surface area contributed by atoms with E-state index in [9.17, 15) is 13.2 Å². The van der Waals surface area contributed by atoms with E-state index in [1.165, 1.54) is 12.1 Å². The topological polar surface area (TPSA) is 84.5 Å². The zero-order valence-electron chi connectivity index (χ0n) is 19.7. The summed E-state index contributed by atoms with van der Waals surface area (Å²) in [7, 11) is -3.71. The van der Waals surface area contributed by atoms with E-state index in [0.717, 1.165) is 24.2 Å². The van der Waals surface area contributed by atoms with Crippen molar-refractivity contribution in [3.05, 3.63) is 89.5 Å². The Morgan fingerprint density at radius 1 is 1.00 bits per heavy atom. The molecule has 0 spiro atoms. The third-order valence-corrected chi connectivity index (χ3v) is 7.96. The van der Waals surface area contributed by atoms with E-state index < -0.39 is 10.0 Å². The van der Waals surface area contributed by atoms with Crippen LogP contribution in [0.3, 0.4) is 0 Å². The van der Waals surface area contributed by atoms with Gasteiger partial charge in [-0.15, -0.1) is 0 Å². The average Bonchev–Trinajstić information content (AvgIpc) is 2.85. The van der Waals surface area contributed by atoms with Crippen LogP contribution in [0.1, 0.15) is 60.6 Å². The molecular formula is C27H30N2O4S. The highest BCUT2D eigenvalue weighted by molar-refractivity contribution is 7.92. The zero-order chi connectivity index (χ0) is 24.3. The van der Waals surface area contributed by atoms with Crippen molar-refractivity contribution in [2.75, 3.05) is 4.72 Å². The molecule has 7 heteroatoms. The predicted octanol–water partition coefficient (Wildman–Crippen LogP) is 5.61. The van der Waals surface area contributed by atoms with Crippen LogP contribution >= 0.6 is 0 Å². The zero-order valence-corrected chi connectivity index (χ0v) is 20.5. The molecule has 34 heavy (non-hydrogen) atoms. The molecule has 4 rings (SSSR count). The van der Waals surface area contributed by atoms with Gasteiger partial charge in [0.15, 0.2) is 0 Å². The molecule has 178 valence electrons. The first-order valence-electron chi connectivity index (χ1n) is 11.5. The van der Waals surface area contributed by atoms with Crippen molar-refractivity contribution in [2.24, 2.45) is 0 Å². The normalized spacial score (nSPS) is 16.7. The summed E-state index contributed by atoms with van der Waals surface area (Å²) < 4.78 is 34.3. The maximum absolute atomic E-state index is 13.2. The molecule has 0 fully saturated rings. The van der Waals surface area contributed by atoms with E-state index in [1.54, 1.807) is 43.3 Å². The van der Waals surface area contributed by atoms with Gasteiger partial charge in [-0.25, -0.2) is 8.42 Å². The quantitative estimate of drug-likeness (QED) is 0.462. The summed E-state index contributed by atoms with van der Waals surface area (Å²) >= 11 is 0. The first-order chi connectivity index (χ1) is 16.3. The maximum atomic E-state index is 13.2. The average molecular weight is 479 g/mol. The van der Waals surface area contributed by atoms with E-state index in [-0.39, 0.29) is 22.4 Å². The number of ether oxygens (including phenoxy) is 1. The van der Waals surface area contributed by atoms with Gasteiger partial charge < -0.3 is 10.1 Å². The lowest BCUT2D eigenvalue weighted by molar-refractivity contribution is 0.0227. The molecule has 0 aromatic heterocycles. The van der Waals surface area contributed by atoms with Gasteiger partial charge in [0.1, 0.15) is 11.4 Å². The molecule has 3 aromatic rings. The second kappa shape index (κ2) is 9.50. The van der Waals surface area contributed by atoms with Crippen molar-refractivity contribution in [3.63, 3.8) is 0 Å². The number of anilines is 1. The van der Waals surface area contributed by atoms with Gasteiger partial charge in [-0.1, -0.05) is 50.2 Å². The number of sulfonamides is 1. The summed E-state index contributed by atoms with van der Waals surface area (Å²) in [6.45, 7) is 5.99. The Morgan fingerprint density at radius 2 is 1.68 bits per heavy atom. The number of nitrogens with one attached hydrogen (secondary N) is 2. The molecule has 1 aliphatic rings. The molecule has 1 aliphatic heterocycles. The molecule has 1 atom stereocenters. The van der Waals surface area contributed by atoms with Gasteiger partial charge in [-0.2, -0.15) is 0 Å². The third kappa shape index (κ3) is 4.80. The Morgan fingerprint density at radius 3 is 2.35 bits per heavy atom. The van der Waals surface area contributed by atoms with E-state index in [0.29, 0.717) is 23.2 Å². The van der Waals surface area contributed by atoms with E-state index in [1.807, 2.05) is 24.3 Å². The molecule has 0 saturated carbocycles. The molecule has 6 nitrogen and oxygen atoms in total. The van der Waals surface area contributed by atoms with Crippen LogP contribution in [-0.4, -0.2) is 19.9 Å². The molecule has 1 amide bonds. The first kappa shape index (κ1) is 23.8. The summed E-state index contributed by atoms with van der Waals surface area (Å²) in [6, 6.07) is 20.8. The van der Waals surface area contributed by atoms with Crippen molar-refractivity contribution in [2.45, 2.75) is 56.6 Å². The van der Waals surface area contributed by atoms with E-state index in [4.69, 9.17) is 4.74 Å². The van der Waals surface area contributed by atoms with Gasteiger partial charge >= 0.3 is 0 Å². The number of benzene rings is 3. The summed E-state index contributed by atoms with van der Waals surface area (Å²) in [5.41, 5.74) is 2.23. The molecule has 0 unspecified atom stereocenters. The second-order valence-corrected chi connectivity index (χ2v) is 10.4. The number of aryl methyl sites for hydroxylation is 1. The van der Waals surface area contributed by atoms with Crippen LogP contribution in [0.4, 0.5) is 5.69 Å². The van der Waals surface area contributed by atoms with Crippen LogP contribution in [-0.2, 0) is 10.0 Å². The fourth-order valence-corrected chi connectivity index (χ4v) is 5.55. The SMILES string of the molecule is CCC1(CC)C[C@H](NC(=O)c2ccc(NS(=O)(=O)c3ccccc3)c(C)c2)c2ccccc2O1. The number of carbonyl (C=O) groups is 1. The molecule has 0 radical (unpaired) electrons. The lowest BCUT2D eigenvalue weighted by Crippen LogP contribution is -2.44. The molecular weight excluding hydrogens is 448 g/mol. The molecule has 0 bridgehead atoms. The van der Waals surface area contributed by atoms with Crippen molar-refractivity contribution >= 4 is 21.6 Å². The summed E-state index contributed by atoms with van der Waals surface area (Å²) in [5, 5.41) is 3.18. The van der Waals surface area contributed by atoms with Crippen molar-refractivity contribution in [1.29, 1.82) is 0 Å². The number of hydrogen-bond donors (Lipinski definition) is 2. The van der Waals surface area contributed by atoms with Gasteiger partial charge in [-0.05, 0) is 61.7 Å². The Labute approximate surface area is 201 Å². The highest BCUT2D eigenvalue weighted by Gasteiger charge is 2.39. The largest absolute Gasteiger partial charge is 0.487 e. The fraction of sp³-hybridized carbons (Fsp3) is 0.296.